The first-order chi connectivity index (χ1) is 31.6. The predicted molar refractivity (Wildman–Crippen MR) is 261 cm³/mol. The van der Waals surface area contributed by atoms with Crippen molar-refractivity contribution in [2.24, 2.45) is 5.41 Å². The van der Waals surface area contributed by atoms with Crippen molar-refractivity contribution in [2.45, 2.75) is 77.2 Å². The molecule has 4 aliphatic heterocycles. The lowest BCUT2D eigenvalue weighted by atomic mass is 9.70. The normalized spacial score (nSPS) is 19.6. The first-order valence-electron chi connectivity index (χ1n) is 22.9. The molecule has 0 bridgehead atoms. The number of hydrogen-bond donors (Lipinski definition) is 3. The van der Waals surface area contributed by atoms with E-state index in [4.69, 9.17) is 9.72 Å². The lowest BCUT2D eigenvalue weighted by Crippen LogP contribution is -2.52. The fraction of sp³-hybridized carbons (Fsp3) is 0.449. The van der Waals surface area contributed by atoms with Gasteiger partial charge in [-0.15, -0.1) is 0 Å². The summed E-state index contributed by atoms with van der Waals surface area (Å²) in [6, 6.07) is 15.1. The second-order valence-electron chi connectivity index (χ2n) is 18.9. The quantitative estimate of drug-likeness (QED) is 0.0906. The number of rotatable bonds is 10. The van der Waals surface area contributed by atoms with Crippen LogP contribution in [0.5, 0.6) is 5.75 Å². The van der Waals surface area contributed by atoms with Gasteiger partial charge in [0.2, 0.25) is 17.8 Å². The van der Waals surface area contributed by atoms with Crippen molar-refractivity contribution in [3.05, 3.63) is 87.7 Å². The van der Waals surface area contributed by atoms with Gasteiger partial charge in [-0.2, -0.15) is 4.98 Å². The van der Waals surface area contributed by atoms with E-state index >= 15 is 8.78 Å². The van der Waals surface area contributed by atoms with E-state index < -0.39 is 36.5 Å². The average molecular weight is 985 g/mol. The summed E-state index contributed by atoms with van der Waals surface area (Å²) in [6.07, 6.45) is 8.25. The summed E-state index contributed by atoms with van der Waals surface area (Å²) in [6.45, 7) is 13.0. The Morgan fingerprint density at radius 3 is 2.21 bits per heavy atom. The molecule has 13 nitrogen and oxygen atoms in total. The Morgan fingerprint density at radius 2 is 1.55 bits per heavy atom. The smallest absolute Gasteiger partial charge is 0.234 e. The van der Waals surface area contributed by atoms with E-state index in [1.807, 2.05) is 36.1 Å². The average Bonchev–Trinajstić information content (AvgIpc) is 3.28. The molecule has 0 unspecified atom stereocenters. The number of imide groups is 1. The summed E-state index contributed by atoms with van der Waals surface area (Å²) in [7, 11) is -1.06. The highest BCUT2D eigenvalue weighted by molar-refractivity contribution is 9.10. The Labute approximate surface area is 393 Å². The van der Waals surface area contributed by atoms with Crippen molar-refractivity contribution in [2.75, 3.05) is 80.1 Å². The number of carbonyl (C=O) groups excluding carboxylic acids is 2. The number of pyridine rings is 1. The Balaban J connectivity index is 0.798. The molecule has 3 N–H and O–H groups in total. The van der Waals surface area contributed by atoms with E-state index in [9.17, 15) is 14.2 Å². The minimum absolute atomic E-state index is 0.0655. The van der Waals surface area contributed by atoms with Crippen molar-refractivity contribution in [3.8, 4) is 5.75 Å². The van der Waals surface area contributed by atoms with Crippen LogP contribution in [0, 0.1) is 30.9 Å². The van der Waals surface area contributed by atoms with Gasteiger partial charge in [-0.1, -0.05) is 6.07 Å². The maximum Gasteiger partial charge on any atom is 0.234 e. The molecule has 6 heterocycles. The largest absolute Gasteiger partial charge is 0.494 e. The minimum Gasteiger partial charge on any atom is -0.494 e. The number of fused-ring (bicyclic) bond motifs is 1. The van der Waals surface area contributed by atoms with E-state index in [-0.39, 0.29) is 18.4 Å². The molecule has 2 amide bonds. The molecule has 66 heavy (non-hydrogen) atoms. The van der Waals surface area contributed by atoms with Crippen LogP contribution in [0.2, 0.25) is 0 Å². The van der Waals surface area contributed by atoms with Gasteiger partial charge in [0, 0.05) is 84.2 Å². The van der Waals surface area contributed by atoms with Gasteiger partial charge in [0.1, 0.15) is 30.3 Å². The van der Waals surface area contributed by atoms with Crippen molar-refractivity contribution in [3.63, 3.8) is 0 Å². The Morgan fingerprint density at radius 1 is 0.848 bits per heavy atom. The van der Waals surface area contributed by atoms with Crippen molar-refractivity contribution in [1.82, 2.24) is 25.2 Å². The lowest BCUT2D eigenvalue weighted by molar-refractivity contribution is -0.134. The second kappa shape index (κ2) is 18.5. The van der Waals surface area contributed by atoms with Gasteiger partial charge in [0.05, 0.1) is 34.4 Å². The summed E-state index contributed by atoms with van der Waals surface area (Å²) in [4.78, 5) is 45.1. The van der Waals surface area contributed by atoms with Crippen molar-refractivity contribution >= 4 is 85.6 Å². The molecule has 9 rings (SSSR count). The Bertz CT molecular complexity index is 2720. The lowest BCUT2D eigenvalue weighted by Gasteiger charge is -2.50. The number of likely N-dealkylation sites (tertiary alicyclic amines) is 1. The topological polar surface area (TPSA) is 145 Å². The van der Waals surface area contributed by atoms with E-state index in [2.05, 4.69) is 70.7 Å². The van der Waals surface area contributed by atoms with Gasteiger partial charge < -0.3 is 34.6 Å². The van der Waals surface area contributed by atoms with Gasteiger partial charge in [-0.3, -0.25) is 19.9 Å². The van der Waals surface area contributed by atoms with Crippen LogP contribution in [0.15, 0.2) is 59.2 Å². The zero-order valence-electron chi connectivity index (χ0n) is 38.1. The van der Waals surface area contributed by atoms with Crippen LogP contribution in [0.3, 0.4) is 0 Å². The molecule has 4 aliphatic rings. The number of nitrogens with one attached hydrogen (secondary N) is 3. The summed E-state index contributed by atoms with van der Waals surface area (Å²) in [5.74, 6) is -1.94. The van der Waals surface area contributed by atoms with Crippen LogP contribution in [0.4, 0.5) is 43.3 Å². The number of anilines is 6. The Kier molecular flexibility index (Phi) is 12.9. The fourth-order valence-corrected chi connectivity index (χ4v) is 12.4. The molecule has 17 heteroatoms. The van der Waals surface area contributed by atoms with Gasteiger partial charge in [0.25, 0.3) is 0 Å². The maximum atomic E-state index is 15.3. The van der Waals surface area contributed by atoms with E-state index in [1.165, 1.54) is 12.1 Å². The van der Waals surface area contributed by atoms with Crippen LogP contribution < -0.4 is 35.8 Å². The van der Waals surface area contributed by atoms with Crippen molar-refractivity contribution < 1.29 is 27.7 Å². The van der Waals surface area contributed by atoms with Crippen LogP contribution in [0.1, 0.15) is 74.1 Å². The molecule has 0 saturated carbocycles. The van der Waals surface area contributed by atoms with Gasteiger partial charge >= 0.3 is 0 Å². The molecule has 4 saturated heterocycles. The number of ether oxygens (including phenoxy) is 1. The number of aryl methyl sites for hydroxylation is 2. The highest BCUT2D eigenvalue weighted by Gasteiger charge is 2.40. The third-order valence-electron chi connectivity index (χ3n) is 14.3. The third kappa shape index (κ3) is 9.38. The number of carbonyl (C=O) groups is 2. The van der Waals surface area contributed by atoms with Crippen LogP contribution in [-0.4, -0.2) is 97.4 Å². The molecule has 4 fully saturated rings. The van der Waals surface area contributed by atoms with Crippen LogP contribution in [0.25, 0.3) is 10.9 Å². The number of benzene rings is 3. The summed E-state index contributed by atoms with van der Waals surface area (Å²) in [5, 5.41) is 10.6. The number of piperidine rings is 4. The zero-order chi connectivity index (χ0) is 46.5. The fourth-order valence-electron chi connectivity index (χ4n) is 10.6. The van der Waals surface area contributed by atoms with Gasteiger partial charge in [0.15, 0.2) is 0 Å². The van der Waals surface area contributed by atoms with Gasteiger partial charge in [-0.05, 0) is 149 Å². The minimum atomic E-state index is -2.73. The van der Waals surface area contributed by atoms with Gasteiger partial charge in [-0.25, -0.2) is 13.8 Å². The van der Waals surface area contributed by atoms with E-state index in [0.717, 1.165) is 104 Å². The third-order valence-corrected chi connectivity index (χ3v) is 16.4. The molecular formula is C49H57BrF2N9O4P. The number of nitrogens with zero attached hydrogens (tertiary/aromatic N) is 6. The molecule has 2 aromatic heterocycles. The van der Waals surface area contributed by atoms with E-state index in [0.29, 0.717) is 57.9 Å². The maximum absolute atomic E-state index is 15.3. The Hall–Kier alpha value is -5.18. The molecule has 348 valence electrons. The first-order valence-corrected chi connectivity index (χ1v) is 26.3. The second-order valence-corrected chi connectivity index (χ2v) is 22.9. The number of amides is 2. The monoisotopic (exact) mass is 983 g/mol. The highest BCUT2D eigenvalue weighted by Crippen LogP contribution is 2.46. The van der Waals surface area contributed by atoms with E-state index in [1.54, 1.807) is 26.6 Å². The number of hydrogen-bond acceptors (Lipinski definition) is 12. The highest BCUT2D eigenvalue weighted by atomic mass is 79.9. The summed E-state index contributed by atoms with van der Waals surface area (Å²) >= 11 is 3.61. The SMILES string of the molecule is COc1cc(N2CCC3(CC2)CCN(C2CCN(c4cc(F)c([C@H]5CCC(=O)NC5=O)c(F)c4)CC2)CC3)c(C)cc1Nc1ncc(Br)c(Nc2ccc3nc(C)ccc3c2P(C)(C)=O)n1. The van der Waals surface area contributed by atoms with Crippen LogP contribution >= 0.6 is 23.1 Å². The number of methoxy groups -OCH3 is 1. The molecule has 1 atom stereocenters. The molecule has 0 radical (unpaired) electrons. The number of aromatic nitrogens is 3. The molecule has 0 aliphatic carbocycles. The number of halogens is 3. The molecular weight excluding hydrogens is 927 g/mol. The first kappa shape index (κ1) is 46.0. The van der Waals surface area contributed by atoms with Crippen LogP contribution in [-0.2, 0) is 14.2 Å². The summed E-state index contributed by atoms with van der Waals surface area (Å²) in [5.41, 5.74) is 5.96. The molecule has 1 spiro atoms. The van der Waals surface area contributed by atoms with Crippen molar-refractivity contribution in [1.29, 1.82) is 0 Å². The zero-order valence-corrected chi connectivity index (χ0v) is 40.6. The standard InChI is InChI=1S/C49H57BrF2N9O4P/c1-29-24-40(56-48-53-28-35(50)46(58-48)55-39-10-9-38-33(7-6-30(2)54-38)45(39)66(4,5)64)42(65-3)27-41(29)61-22-16-49(17-23-61)14-20-60(21-15-49)31-12-18-59(19-13-31)32-25-36(51)44(37(52)26-32)34-8-11-43(62)57-47(34)63/h6-7,9-10,24-28,31,34H,8,11-23H2,1-5H3,(H,57,62,63)(H2,53,55,56,58)/t34-/m1/s1. The summed E-state index contributed by atoms with van der Waals surface area (Å²) < 4.78 is 50.8. The predicted octanol–water partition coefficient (Wildman–Crippen LogP) is 9.30. The molecule has 3 aromatic carbocycles. The molecule has 5 aromatic rings.